The summed E-state index contributed by atoms with van der Waals surface area (Å²) in [6.07, 6.45) is 6.53. The quantitative estimate of drug-likeness (QED) is 0.576. The van der Waals surface area contributed by atoms with E-state index in [1.54, 1.807) is 6.33 Å². The molecule has 2 aliphatic rings. The van der Waals surface area contributed by atoms with Gasteiger partial charge in [-0.3, -0.25) is 4.79 Å². The monoisotopic (exact) mass is 468 g/mol. The molecule has 2 aliphatic heterocycles. The number of benzene rings is 1. The van der Waals surface area contributed by atoms with Gasteiger partial charge in [0.2, 0.25) is 5.91 Å². The lowest BCUT2D eigenvalue weighted by molar-refractivity contribution is -0.119. The third-order valence-electron chi connectivity index (χ3n) is 7.16. The van der Waals surface area contributed by atoms with Crippen molar-refractivity contribution in [1.82, 2.24) is 9.97 Å². The molecule has 0 radical (unpaired) electrons. The molecular weight excluding hydrogens is 431 g/mol. The van der Waals surface area contributed by atoms with E-state index >= 15 is 0 Å². The number of anilines is 4. The average molecular weight is 469 g/mol. The summed E-state index contributed by atoms with van der Waals surface area (Å²) in [5, 5.41) is 3.43. The second-order valence-electron chi connectivity index (χ2n) is 9.32. The minimum Gasteiger partial charge on any atom is -0.368 e. The number of aromatic nitrogens is 2. The minimum absolute atomic E-state index is 0.133. The van der Waals surface area contributed by atoms with E-state index < -0.39 is 0 Å². The van der Waals surface area contributed by atoms with E-state index in [4.69, 9.17) is 0 Å². The largest absolute Gasteiger partial charge is 0.368 e. The van der Waals surface area contributed by atoms with Gasteiger partial charge in [-0.2, -0.15) is 0 Å². The summed E-state index contributed by atoms with van der Waals surface area (Å²) in [5.74, 6) is 1.93. The Hall–Kier alpha value is -2.90. The molecule has 3 heterocycles. The molecule has 4 rings (SSSR count). The summed E-state index contributed by atoms with van der Waals surface area (Å²) in [4.78, 5) is 29.3. The molecule has 1 fully saturated rings. The van der Waals surface area contributed by atoms with Crippen LogP contribution in [0.3, 0.4) is 0 Å². The number of rotatable bonds is 9. The highest BCUT2D eigenvalue weighted by atomic mass is 19.1. The molecule has 0 unspecified atom stereocenters. The van der Waals surface area contributed by atoms with Crippen LogP contribution in [0.15, 0.2) is 30.6 Å². The molecule has 2 aromatic rings. The molecule has 1 atom stereocenters. The number of halogens is 1. The molecule has 0 bridgehead atoms. The van der Waals surface area contributed by atoms with Crippen LogP contribution in [-0.2, 0) is 4.79 Å². The highest BCUT2D eigenvalue weighted by Gasteiger charge is 2.37. The van der Waals surface area contributed by atoms with Gasteiger partial charge in [0, 0.05) is 38.4 Å². The Kier molecular flexibility index (Phi) is 7.85. The molecule has 1 N–H and O–H groups in total. The molecule has 1 amide bonds. The van der Waals surface area contributed by atoms with Crippen molar-refractivity contribution in [2.45, 2.75) is 58.9 Å². The number of hydrogen-bond donors (Lipinski definition) is 1. The molecule has 0 saturated carbocycles. The van der Waals surface area contributed by atoms with Crippen molar-refractivity contribution in [2.75, 3.05) is 52.7 Å². The number of carbonyl (C=O) groups is 1. The van der Waals surface area contributed by atoms with E-state index in [1.807, 2.05) is 17.0 Å². The average Bonchev–Trinajstić information content (AvgIpc) is 2.87. The number of piperazine rings is 1. The van der Waals surface area contributed by atoms with E-state index in [0.717, 1.165) is 81.3 Å². The number of nitrogens with one attached hydrogen (secondary N) is 1. The number of amides is 1. The van der Waals surface area contributed by atoms with Gasteiger partial charge in [0.1, 0.15) is 23.9 Å². The van der Waals surface area contributed by atoms with Gasteiger partial charge in [0.15, 0.2) is 11.6 Å². The lowest BCUT2D eigenvalue weighted by atomic mass is 9.99. The van der Waals surface area contributed by atoms with E-state index in [9.17, 15) is 9.18 Å². The van der Waals surface area contributed by atoms with Crippen LogP contribution >= 0.6 is 0 Å². The van der Waals surface area contributed by atoms with Crippen molar-refractivity contribution in [3.05, 3.63) is 36.4 Å². The van der Waals surface area contributed by atoms with Crippen molar-refractivity contribution in [3.8, 4) is 0 Å². The molecule has 0 spiro atoms. The fraction of sp³-hybridized carbons (Fsp3) is 0.577. The molecular formula is C26H37FN6O. The molecule has 8 heteroatoms. The number of unbranched alkanes of at least 4 members (excludes halogenated alkanes) is 1. The van der Waals surface area contributed by atoms with Gasteiger partial charge in [-0.05, 0) is 36.6 Å². The highest BCUT2D eigenvalue weighted by molar-refractivity contribution is 6.07. The van der Waals surface area contributed by atoms with E-state index in [1.165, 1.54) is 12.1 Å². The Morgan fingerprint density at radius 2 is 1.71 bits per heavy atom. The second-order valence-corrected chi connectivity index (χ2v) is 9.32. The summed E-state index contributed by atoms with van der Waals surface area (Å²) in [6.45, 7) is 10.4. The molecule has 1 aromatic carbocycles. The number of nitrogens with zero attached hydrogens (tertiary/aromatic N) is 5. The Labute approximate surface area is 202 Å². The van der Waals surface area contributed by atoms with Crippen molar-refractivity contribution in [3.63, 3.8) is 0 Å². The standard InChI is InChI=1S/C26H37FN6O/c1-4-7-8-22-26(34)33(17-19(5-2)6-3)23-24(30-22)28-18-29-25(23)32-15-13-31(14-16-32)21-11-9-20(27)10-12-21/h9-12,18-19,22H,4-8,13-17H2,1-3H3,(H,28,29,30)/t22-/m0/s1. The van der Waals surface area contributed by atoms with Gasteiger partial charge in [-0.15, -0.1) is 0 Å². The summed E-state index contributed by atoms with van der Waals surface area (Å²) in [7, 11) is 0. The number of fused-ring (bicyclic) bond motifs is 1. The predicted octanol–water partition coefficient (Wildman–Crippen LogP) is 4.70. The Balaban J connectivity index is 1.59. The second kappa shape index (κ2) is 11.0. The van der Waals surface area contributed by atoms with Crippen molar-refractivity contribution < 1.29 is 9.18 Å². The smallest absolute Gasteiger partial charge is 0.249 e. The third-order valence-corrected chi connectivity index (χ3v) is 7.16. The maximum Gasteiger partial charge on any atom is 0.249 e. The van der Waals surface area contributed by atoms with Gasteiger partial charge < -0.3 is 20.0 Å². The molecule has 1 aromatic heterocycles. The summed E-state index contributed by atoms with van der Waals surface area (Å²) < 4.78 is 13.3. The van der Waals surface area contributed by atoms with Crippen molar-refractivity contribution in [2.24, 2.45) is 5.92 Å². The van der Waals surface area contributed by atoms with Crippen LogP contribution in [0.2, 0.25) is 0 Å². The summed E-state index contributed by atoms with van der Waals surface area (Å²) in [5.41, 5.74) is 1.85. The zero-order valence-electron chi connectivity index (χ0n) is 20.6. The van der Waals surface area contributed by atoms with Crippen molar-refractivity contribution >= 4 is 28.9 Å². The van der Waals surface area contributed by atoms with E-state index in [0.29, 0.717) is 12.5 Å². The first kappa shape index (κ1) is 24.2. The van der Waals surface area contributed by atoms with Crippen LogP contribution in [0.25, 0.3) is 0 Å². The lowest BCUT2D eigenvalue weighted by Gasteiger charge is -2.41. The molecule has 184 valence electrons. The predicted molar refractivity (Wildman–Crippen MR) is 136 cm³/mol. The first-order valence-electron chi connectivity index (χ1n) is 12.7. The van der Waals surface area contributed by atoms with Gasteiger partial charge in [-0.25, -0.2) is 14.4 Å². The molecule has 0 aliphatic carbocycles. The number of carbonyl (C=O) groups excluding carboxylic acids is 1. The van der Waals surface area contributed by atoms with Gasteiger partial charge in [0.25, 0.3) is 0 Å². The highest BCUT2D eigenvalue weighted by Crippen LogP contribution is 2.39. The zero-order chi connectivity index (χ0) is 24.1. The van der Waals surface area contributed by atoms with E-state index in [-0.39, 0.29) is 17.8 Å². The van der Waals surface area contributed by atoms with Crippen molar-refractivity contribution in [1.29, 1.82) is 0 Å². The van der Waals surface area contributed by atoms with Crippen LogP contribution < -0.4 is 20.0 Å². The van der Waals surface area contributed by atoms with E-state index in [2.05, 4.69) is 45.9 Å². The van der Waals surface area contributed by atoms with Gasteiger partial charge in [0.05, 0.1) is 0 Å². The maximum atomic E-state index is 13.6. The Bertz CT molecular complexity index is 956. The van der Waals surface area contributed by atoms with Crippen LogP contribution in [0.1, 0.15) is 52.9 Å². The summed E-state index contributed by atoms with van der Waals surface area (Å²) >= 11 is 0. The Morgan fingerprint density at radius 1 is 1.03 bits per heavy atom. The Morgan fingerprint density at radius 3 is 2.35 bits per heavy atom. The van der Waals surface area contributed by atoms with Crippen LogP contribution in [0, 0.1) is 11.7 Å². The molecule has 34 heavy (non-hydrogen) atoms. The van der Waals surface area contributed by atoms with Gasteiger partial charge >= 0.3 is 0 Å². The van der Waals surface area contributed by atoms with Gasteiger partial charge in [-0.1, -0.05) is 46.5 Å². The first-order valence-corrected chi connectivity index (χ1v) is 12.7. The first-order chi connectivity index (χ1) is 16.5. The molecule has 1 saturated heterocycles. The third kappa shape index (κ3) is 5.10. The molecule has 7 nitrogen and oxygen atoms in total. The fourth-order valence-electron chi connectivity index (χ4n) is 4.90. The van der Waals surface area contributed by atoms with Crippen LogP contribution in [0.5, 0.6) is 0 Å². The number of hydrogen-bond acceptors (Lipinski definition) is 6. The topological polar surface area (TPSA) is 64.6 Å². The van der Waals surface area contributed by atoms with Crippen LogP contribution in [0.4, 0.5) is 27.4 Å². The SMILES string of the molecule is CCCC[C@@H]1Nc2ncnc(N3CCN(c4ccc(F)cc4)CC3)c2N(CC(CC)CC)C1=O. The minimum atomic E-state index is -0.236. The van der Waals surface area contributed by atoms with Crippen LogP contribution in [-0.4, -0.2) is 54.6 Å². The lowest BCUT2D eigenvalue weighted by Crippen LogP contribution is -2.51. The maximum absolute atomic E-state index is 13.6. The summed E-state index contributed by atoms with van der Waals surface area (Å²) in [6, 6.07) is 6.43. The normalized spacial score (nSPS) is 18.3. The zero-order valence-corrected chi connectivity index (χ0v) is 20.6. The fourth-order valence-corrected chi connectivity index (χ4v) is 4.90.